The number of amides is 2. The summed E-state index contributed by atoms with van der Waals surface area (Å²) in [5.41, 5.74) is -1.48. The van der Waals surface area contributed by atoms with Crippen LogP contribution in [0.5, 0.6) is 34.5 Å². The molecule has 5 aromatic carbocycles. The summed E-state index contributed by atoms with van der Waals surface area (Å²) in [4.78, 5) is 90.2. The zero-order chi connectivity index (χ0) is 64.7. The Labute approximate surface area is 826 Å². The molecule has 0 atom stereocenters. The molecule has 0 unspecified atom stereocenters. The number of aliphatic carboxylic acids is 4. The van der Waals surface area contributed by atoms with Crippen molar-refractivity contribution >= 4 is 87.6 Å². The molecule has 0 aliphatic carbocycles. The van der Waals surface area contributed by atoms with Gasteiger partial charge in [0, 0.05) is 62.2 Å². The summed E-state index contributed by atoms with van der Waals surface area (Å²) >= 11 is 12.6. The first kappa shape index (κ1) is 95.4. The Hall–Kier alpha value is 1.39. The van der Waals surface area contributed by atoms with Crippen LogP contribution in [0.1, 0.15) is 186 Å². The number of carboxylic acids is 4. The van der Waals surface area contributed by atoms with E-state index in [-0.39, 0.29) is 404 Å². The molecule has 2 aliphatic rings. The summed E-state index contributed by atoms with van der Waals surface area (Å²) in [5.74, 6) is -10.2. The maximum absolute atomic E-state index is 14.1. The molecule has 0 aromatic heterocycles. The first-order valence-electron chi connectivity index (χ1n) is 30.8. The van der Waals surface area contributed by atoms with Crippen LogP contribution in [0.25, 0.3) is 0 Å². The molecule has 2 heterocycles. The summed E-state index contributed by atoms with van der Waals surface area (Å²) in [6.45, 7) is -2.26. The van der Waals surface area contributed by atoms with Gasteiger partial charge in [-0.3, -0.25) is 9.59 Å². The SMILES string of the molecule is CCCCCCCCCCCCCCCCCCCCCCCC(=O)Nc1ccc(N(CC(=O)[O-])CC(=O)[O-])c(OCCOc2cc(NC(=O)c3ccc4c(c3)C(=O)OC43c4cc(Cl)c([O-])cc4Oc4cc([O-])c(Cl)cc43)ccc2N(CC(=O)[O-])CC(=O)[O-])c1.[K+].[K+].[K+].[K+].[K+].[K+]. The van der Waals surface area contributed by atoms with Crippen LogP contribution in [0.4, 0.5) is 22.7 Å². The Kier molecular flexibility index (Phi) is 49.7. The molecule has 2 aliphatic heterocycles. The molecule has 2 N–H and O–H groups in total. The van der Waals surface area contributed by atoms with Crippen molar-refractivity contribution in [3.05, 3.63) is 117 Å². The summed E-state index contributed by atoms with van der Waals surface area (Å²) in [6, 6.07) is 16.7. The molecule has 21 nitrogen and oxygen atoms in total. The summed E-state index contributed by atoms with van der Waals surface area (Å²) in [5, 5.41) is 77.7. The quantitative estimate of drug-likeness (QED) is 0.0209. The first-order chi connectivity index (χ1) is 43.3. The number of nitrogens with zero attached hydrogens (tertiary/aromatic N) is 2. The number of halogens is 2. The van der Waals surface area contributed by atoms with Gasteiger partial charge in [-0.25, -0.2) is 4.79 Å². The van der Waals surface area contributed by atoms with Crippen molar-refractivity contribution < 1.29 is 391 Å². The van der Waals surface area contributed by atoms with Crippen molar-refractivity contribution in [2.24, 2.45) is 0 Å². The number of hydrogen-bond donors (Lipinski definition) is 2. The van der Waals surface area contributed by atoms with Gasteiger partial charge in [0.15, 0.2) is 5.60 Å². The van der Waals surface area contributed by atoms with Crippen LogP contribution in [0.2, 0.25) is 10.0 Å². The zero-order valence-electron chi connectivity index (χ0n) is 56.4. The van der Waals surface area contributed by atoms with Crippen LogP contribution in [0, 0.1) is 0 Å². The second-order valence-electron chi connectivity index (χ2n) is 22.6. The van der Waals surface area contributed by atoms with E-state index in [0.717, 1.165) is 47.6 Å². The number of fused-ring (bicyclic) bond motifs is 6. The molecule has 0 saturated carbocycles. The number of carboxylic acid groups (broad SMARTS) is 4. The van der Waals surface area contributed by atoms with Gasteiger partial charge in [-0.1, -0.05) is 176 Å². The van der Waals surface area contributed by atoms with Crippen molar-refractivity contribution in [2.75, 3.05) is 59.8 Å². The third kappa shape index (κ3) is 29.6. The molecule has 7 rings (SSSR count). The Morgan fingerprint density at radius 1 is 0.479 bits per heavy atom. The monoisotopic (exact) mass is 1510 g/mol. The zero-order valence-corrected chi connectivity index (χ0v) is 76.6. The third-order valence-corrected chi connectivity index (χ3v) is 16.3. The standard InChI is InChI=1S/C67H80Cl2N4O17.6K/c1-2-3-4-5-6-7-8-9-10-11-12-13-14-15-16-17-18-19-20-21-22-23-60(76)70-44-25-28-52(72(39-61(77)78)40-62(79)80)58(33-44)87-30-31-88-59-34-45(26-29-53(59)73(41-63(81)82)42-64(83)84)71-65(85)43-24-27-47-46(32-43)66(86)90-67(47)48-35-50(68)54(74)37-56(48)89-57-38-55(75)51(69)36-49(57)67;;;;;;/h24-29,32-38,74-75H,2-23,30-31,39-42H2,1H3,(H,70,76)(H,71,85)(H,77,78)(H,79,80)(H,81,82)(H,83,84);;;;;;/q;6*+1/p-6. The number of nitrogens with one attached hydrogen (secondary N) is 2. The van der Waals surface area contributed by atoms with Gasteiger partial charge in [0.1, 0.15) is 36.2 Å². The Morgan fingerprint density at radius 3 is 1.24 bits per heavy atom. The second-order valence-corrected chi connectivity index (χ2v) is 23.4. The summed E-state index contributed by atoms with van der Waals surface area (Å²) in [7, 11) is 0. The molecular weight excluding hydrogens is 1440 g/mol. The van der Waals surface area contributed by atoms with Crippen LogP contribution in [-0.4, -0.2) is 81.1 Å². The average molecular weight is 1510 g/mol. The van der Waals surface area contributed by atoms with E-state index in [1.54, 1.807) is 0 Å². The van der Waals surface area contributed by atoms with E-state index in [4.69, 9.17) is 42.1 Å². The van der Waals surface area contributed by atoms with Crippen molar-refractivity contribution in [1.29, 1.82) is 0 Å². The van der Waals surface area contributed by atoms with Crippen molar-refractivity contribution in [1.82, 2.24) is 0 Å². The van der Waals surface area contributed by atoms with Crippen LogP contribution in [0.3, 0.4) is 0 Å². The molecule has 1 spiro atoms. The maximum atomic E-state index is 14.1. The van der Waals surface area contributed by atoms with E-state index >= 15 is 0 Å². The predicted molar refractivity (Wildman–Crippen MR) is 326 cm³/mol. The number of carbonyl (C=O) groups excluding carboxylic acids is 7. The number of benzene rings is 5. The minimum Gasteiger partial charge on any atom is -0.871 e. The number of esters is 1. The maximum Gasteiger partial charge on any atom is 1.00 e. The van der Waals surface area contributed by atoms with Crippen LogP contribution < -0.4 is 374 Å². The number of rotatable bonds is 40. The molecular formula is C67H74Cl2K6N4O17. The topological polar surface area (TPSA) is 325 Å². The van der Waals surface area contributed by atoms with Gasteiger partial charge in [0.05, 0.1) is 67.0 Å². The Bertz CT molecular complexity index is 3300. The Morgan fingerprint density at radius 2 is 0.854 bits per heavy atom. The van der Waals surface area contributed by atoms with Crippen LogP contribution in [-0.2, 0) is 34.3 Å². The molecule has 29 heteroatoms. The van der Waals surface area contributed by atoms with Crippen molar-refractivity contribution in [3.63, 3.8) is 0 Å². The molecule has 2 amide bonds. The summed E-state index contributed by atoms with van der Waals surface area (Å²) < 4.78 is 24.1. The van der Waals surface area contributed by atoms with Gasteiger partial charge >= 0.3 is 314 Å². The van der Waals surface area contributed by atoms with Gasteiger partial charge in [-0.2, -0.15) is 0 Å². The fourth-order valence-corrected chi connectivity index (χ4v) is 11.7. The minimum atomic E-state index is -1.84. The van der Waals surface area contributed by atoms with E-state index in [2.05, 4.69) is 17.6 Å². The first-order valence-corrected chi connectivity index (χ1v) is 31.6. The van der Waals surface area contributed by atoms with Crippen molar-refractivity contribution in [2.45, 2.75) is 154 Å². The van der Waals surface area contributed by atoms with Crippen LogP contribution >= 0.6 is 23.2 Å². The summed E-state index contributed by atoms with van der Waals surface area (Å²) in [6.07, 6.45) is 26.1. The number of anilines is 4. The number of carbonyl (C=O) groups is 7. The van der Waals surface area contributed by atoms with E-state index in [9.17, 15) is 64.2 Å². The van der Waals surface area contributed by atoms with E-state index < -0.39 is 92.2 Å². The number of ether oxygens (including phenoxy) is 4. The van der Waals surface area contributed by atoms with E-state index in [0.29, 0.717) is 6.42 Å². The van der Waals surface area contributed by atoms with Gasteiger partial charge in [0.2, 0.25) is 5.91 Å². The molecule has 484 valence electrons. The van der Waals surface area contributed by atoms with Gasteiger partial charge < -0.3 is 89.2 Å². The van der Waals surface area contributed by atoms with E-state index in [1.807, 2.05) is 0 Å². The molecule has 0 radical (unpaired) electrons. The fourth-order valence-electron chi connectivity index (χ4n) is 11.3. The van der Waals surface area contributed by atoms with E-state index in [1.165, 1.54) is 169 Å². The molecule has 0 saturated heterocycles. The normalized spacial score (nSPS) is 11.7. The van der Waals surface area contributed by atoms with Crippen molar-refractivity contribution in [3.8, 4) is 34.5 Å². The number of hydrogen-bond acceptors (Lipinski definition) is 19. The molecule has 5 aromatic rings. The van der Waals surface area contributed by atoms with Gasteiger partial charge in [-0.15, -0.1) is 0 Å². The molecule has 0 bridgehead atoms. The molecule has 0 fully saturated rings. The number of unbranched alkanes of at least 4 members (excludes halogenated alkanes) is 20. The fraction of sp³-hybridized carbons (Fsp3) is 0.448. The Balaban J connectivity index is 0.00000768. The van der Waals surface area contributed by atoms with Gasteiger partial charge in [0.25, 0.3) is 5.91 Å². The second kappa shape index (κ2) is 50.0. The average Bonchev–Trinajstić information content (AvgIpc) is 1.45. The minimum absolute atomic E-state index is 0. The van der Waals surface area contributed by atoms with Crippen LogP contribution in [0.15, 0.2) is 78.9 Å². The predicted octanol–water partition coefficient (Wildman–Crippen LogP) is -10.4. The molecule has 96 heavy (non-hydrogen) atoms. The third-order valence-electron chi connectivity index (χ3n) is 15.7. The van der Waals surface area contributed by atoms with Gasteiger partial charge in [-0.05, 0) is 67.1 Å². The largest absolute Gasteiger partial charge is 1.00 e. The smallest absolute Gasteiger partial charge is 0.871 e.